The third-order valence-corrected chi connectivity index (χ3v) is 7.09. The van der Waals surface area contributed by atoms with E-state index in [9.17, 15) is 0 Å². The molecule has 0 N–H and O–H groups in total. The normalized spacial score (nSPS) is 30.5. The molecule has 25 heavy (non-hydrogen) atoms. The van der Waals surface area contributed by atoms with Gasteiger partial charge < -0.3 is 4.74 Å². The fourth-order valence-electron chi connectivity index (χ4n) is 5.28. The minimum atomic E-state index is 0.590. The zero-order valence-electron chi connectivity index (χ0n) is 17.4. The Kier molecular flexibility index (Phi) is 11.2. The van der Waals surface area contributed by atoms with E-state index in [0.717, 1.165) is 24.4 Å². The van der Waals surface area contributed by atoms with Crippen LogP contribution >= 0.6 is 0 Å². The molecule has 2 saturated carbocycles. The third kappa shape index (κ3) is 8.46. The van der Waals surface area contributed by atoms with Gasteiger partial charge in [-0.1, -0.05) is 78.1 Å². The maximum absolute atomic E-state index is 6.06. The van der Waals surface area contributed by atoms with Crippen LogP contribution in [0.3, 0.4) is 0 Å². The summed E-state index contributed by atoms with van der Waals surface area (Å²) in [6, 6.07) is 0. The molecule has 0 atom stereocenters. The van der Waals surface area contributed by atoms with Gasteiger partial charge >= 0.3 is 0 Å². The van der Waals surface area contributed by atoms with Gasteiger partial charge in [0.1, 0.15) is 0 Å². The highest BCUT2D eigenvalue weighted by Crippen LogP contribution is 2.41. The summed E-state index contributed by atoms with van der Waals surface area (Å²) in [5.41, 5.74) is 0. The molecule has 0 unspecified atom stereocenters. The van der Waals surface area contributed by atoms with E-state index in [1.807, 2.05) is 0 Å². The van der Waals surface area contributed by atoms with Crippen LogP contribution < -0.4 is 0 Å². The van der Waals surface area contributed by atoms with Crippen molar-refractivity contribution in [2.24, 2.45) is 17.8 Å². The average Bonchev–Trinajstić information content (AvgIpc) is 2.66. The lowest BCUT2D eigenvalue weighted by Crippen LogP contribution is -2.28. The minimum absolute atomic E-state index is 0.590. The molecule has 0 spiro atoms. The van der Waals surface area contributed by atoms with Crippen LogP contribution in [-0.2, 0) is 4.74 Å². The summed E-state index contributed by atoms with van der Waals surface area (Å²) in [5.74, 6) is 3.15. The van der Waals surface area contributed by atoms with Crippen LogP contribution in [0.4, 0.5) is 0 Å². The molecule has 148 valence electrons. The highest BCUT2D eigenvalue weighted by molar-refractivity contribution is 4.82. The molecule has 1 nitrogen and oxygen atoms in total. The van der Waals surface area contributed by atoms with Crippen molar-refractivity contribution in [3.63, 3.8) is 0 Å². The second-order valence-corrected chi connectivity index (χ2v) is 9.10. The molecule has 0 aliphatic heterocycles. The van der Waals surface area contributed by atoms with Gasteiger partial charge in [0, 0.05) is 6.61 Å². The first-order valence-corrected chi connectivity index (χ1v) is 11.9. The van der Waals surface area contributed by atoms with Gasteiger partial charge in [0.05, 0.1) is 6.10 Å². The Morgan fingerprint density at radius 2 is 1.16 bits per heavy atom. The van der Waals surface area contributed by atoms with Crippen LogP contribution in [0.2, 0.25) is 0 Å². The molecule has 0 aromatic rings. The highest BCUT2D eigenvalue weighted by Gasteiger charge is 2.30. The van der Waals surface area contributed by atoms with Crippen molar-refractivity contribution in [1.82, 2.24) is 0 Å². The van der Waals surface area contributed by atoms with E-state index >= 15 is 0 Å². The molecule has 0 aromatic heterocycles. The first-order chi connectivity index (χ1) is 12.3. The summed E-state index contributed by atoms with van der Waals surface area (Å²) in [6.07, 6.45) is 25.1. The fourth-order valence-corrected chi connectivity index (χ4v) is 5.28. The van der Waals surface area contributed by atoms with Crippen molar-refractivity contribution in [3.8, 4) is 0 Å². The van der Waals surface area contributed by atoms with E-state index in [1.54, 1.807) is 0 Å². The standard InChI is InChI=1S/C24H46O/c1-3-5-7-8-9-10-11-21-12-14-22(15-13-21)23-16-18-24(19-17-23)25-20-6-4-2/h21-24H,3-20H2,1-2H3. The molecular formula is C24H46O. The average molecular weight is 351 g/mol. The number of hydrogen-bond donors (Lipinski definition) is 0. The van der Waals surface area contributed by atoms with Crippen LogP contribution in [0.5, 0.6) is 0 Å². The third-order valence-electron chi connectivity index (χ3n) is 7.09. The van der Waals surface area contributed by atoms with Crippen LogP contribution in [0.1, 0.15) is 123 Å². The number of rotatable bonds is 12. The van der Waals surface area contributed by atoms with Crippen molar-refractivity contribution < 1.29 is 4.74 Å². The van der Waals surface area contributed by atoms with Crippen LogP contribution in [0.15, 0.2) is 0 Å². The first kappa shape index (κ1) is 21.3. The number of ether oxygens (including phenoxy) is 1. The van der Waals surface area contributed by atoms with E-state index in [0.29, 0.717) is 6.10 Å². The summed E-state index contributed by atoms with van der Waals surface area (Å²) >= 11 is 0. The molecule has 2 fully saturated rings. The Labute approximate surface area is 158 Å². The van der Waals surface area contributed by atoms with Gasteiger partial charge in [0.25, 0.3) is 0 Å². The zero-order valence-corrected chi connectivity index (χ0v) is 17.4. The summed E-state index contributed by atoms with van der Waals surface area (Å²) < 4.78 is 6.06. The van der Waals surface area contributed by atoms with Crippen LogP contribution in [0, 0.1) is 17.8 Å². The van der Waals surface area contributed by atoms with E-state index in [4.69, 9.17) is 4.74 Å². The summed E-state index contributed by atoms with van der Waals surface area (Å²) in [5, 5.41) is 0. The number of hydrogen-bond acceptors (Lipinski definition) is 1. The van der Waals surface area contributed by atoms with Gasteiger partial charge in [0.15, 0.2) is 0 Å². The molecule has 0 amide bonds. The molecule has 0 radical (unpaired) electrons. The molecular weight excluding hydrogens is 304 g/mol. The predicted molar refractivity (Wildman–Crippen MR) is 110 cm³/mol. The second kappa shape index (κ2) is 13.2. The maximum Gasteiger partial charge on any atom is 0.0575 e. The van der Waals surface area contributed by atoms with Gasteiger partial charge in [0.2, 0.25) is 0 Å². The minimum Gasteiger partial charge on any atom is -0.378 e. The molecule has 2 rings (SSSR count). The lowest BCUT2D eigenvalue weighted by atomic mass is 9.70. The van der Waals surface area contributed by atoms with E-state index in [1.165, 1.54) is 109 Å². The molecule has 0 heterocycles. The number of unbranched alkanes of at least 4 members (excludes halogenated alkanes) is 6. The van der Waals surface area contributed by atoms with Gasteiger partial charge in [-0.05, 0) is 62.7 Å². The van der Waals surface area contributed by atoms with E-state index in [-0.39, 0.29) is 0 Å². The molecule has 2 aliphatic carbocycles. The summed E-state index contributed by atoms with van der Waals surface area (Å²) in [6.45, 7) is 5.56. The van der Waals surface area contributed by atoms with Crippen molar-refractivity contribution in [2.75, 3.05) is 6.61 Å². The molecule has 0 aromatic carbocycles. The van der Waals surface area contributed by atoms with Gasteiger partial charge in [-0.3, -0.25) is 0 Å². The Balaban J connectivity index is 1.51. The Hall–Kier alpha value is -0.0400. The Morgan fingerprint density at radius 3 is 1.80 bits per heavy atom. The fraction of sp³-hybridized carbons (Fsp3) is 1.00. The predicted octanol–water partition coefficient (Wildman–Crippen LogP) is 7.92. The quantitative estimate of drug-likeness (QED) is 0.325. The molecule has 0 saturated heterocycles. The SMILES string of the molecule is CCCCCCCCC1CCC(C2CCC(OCCCC)CC2)CC1. The zero-order chi connectivity index (χ0) is 17.7. The van der Waals surface area contributed by atoms with Gasteiger partial charge in [-0.15, -0.1) is 0 Å². The van der Waals surface area contributed by atoms with Crippen LogP contribution in [0.25, 0.3) is 0 Å². The first-order valence-electron chi connectivity index (χ1n) is 11.9. The summed E-state index contributed by atoms with van der Waals surface area (Å²) in [7, 11) is 0. The lowest BCUT2D eigenvalue weighted by Gasteiger charge is -2.38. The summed E-state index contributed by atoms with van der Waals surface area (Å²) in [4.78, 5) is 0. The van der Waals surface area contributed by atoms with Gasteiger partial charge in [-0.25, -0.2) is 0 Å². The van der Waals surface area contributed by atoms with Crippen LogP contribution in [-0.4, -0.2) is 12.7 Å². The molecule has 2 aliphatic rings. The van der Waals surface area contributed by atoms with Gasteiger partial charge in [-0.2, -0.15) is 0 Å². The van der Waals surface area contributed by atoms with Crippen molar-refractivity contribution >= 4 is 0 Å². The van der Waals surface area contributed by atoms with Crippen molar-refractivity contribution in [2.45, 2.75) is 129 Å². The van der Waals surface area contributed by atoms with Crippen molar-refractivity contribution in [3.05, 3.63) is 0 Å². The van der Waals surface area contributed by atoms with E-state index in [2.05, 4.69) is 13.8 Å². The maximum atomic E-state index is 6.06. The second-order valence-electron chi connectivity index (χ2n) is 9.10. The molecule has 1 heteroatoms. The van der Waals surface area contributed by atoms with E-state index < -0.39 is 0 Å². The monoisotopic (exact) mass is 350 g/mol. The Morgan fingerprint density at radius 1 is 0.600 bits per heavy atom. The largest absolute Gasteiger partial charge is 0.378 e. The molecule has 0 bridgehead atoms. The lowest BCUT2D eigenvalue weighted by molar-refractivity contribution is 0.00576. The smallest absolute Gasteiger partial charge is 0.0575 e. The van der Waals surface area contributed by atoms with Crippen molar-refractivity contribution in [1.29, 1.82) is 0 Å². The Bertz CT molecular complexity index is 297. The topological polar surface area (TPSA) is 9.23 Å². The highest BCUT2D eigenvalue weighted by atomic mass is 16.5.